The number of rotatable bonds is 3. The molecule has 0 radical (unpaired) electrons. The van der Waals surface area contributed by atoms with Gasteiger partial charge >= 0.3 is 0 Å². The molecule has 5 nitrogen and oxygen atoms in total. The molecule has 1 heterocycles. The summed E-state index contributed by atoms with van der Waals surface area (Å²) < 4.78 is 0. The number of nitrogens with zero attached hydrogens (tertiary/aromatic N) is 2. The smallest absolute Gasteiger partial charge is 0.293 e. The van der Waals surface area contributed by atoms with Gasteiger partial charge in [-0.15, -0.1) is 0 Å². The van der Waals surface area contributed by atoms with Crippen LogP contribution in [0, 0.1) is 10.1 Å². The molecular weight excluding hydrogens is 268 g/mol. The van der Waals surface area contributed by atoms with Crippen molar-refractivity contribution in [3.05, 3.63) is 63.7 Å². The standard InChI is InChI=1S/C16H14N2O3/c19-11-12-7-8-15(16(10-12)18(20)21)17-9-3-5-13-4-1-2-6-14(13)17/h1-2,4,6-8,10-11H,3,5,9H2. The summed E-state index contributed by atoms with van der Waals surface area (Å²) in [5.74, 6) is 0. The average molecular weight is 282 g/mol. The molecule has 0 bridgehead atoms. The van der Waals surface area contributed by atoms with Gasteiger partial charge in [-0.05, 0) is 36.6 Å². The number of fused-ring (bicyclic) bond motifs is 1. The Hall–Kier alpha value is -2.69. The average Bonchev–Trinajstić information content (AvgIpc) is 2.53. The summed E-state index contributed by atoms with van der Waals surface area (Å²) >= 11 is 0. The molecule has 0 spiro atoms. The van der Waals surface area contributed by atoms with Crippen LogP contribution in [0.4, 0.5) is 17.1 Å². The highest BCUT2D eigenvalue weighted by atomic mass is 16.6. The zero-order valence-corrected chi connectivity index (χ0v) is 11.4. The molecule has 3 rings (SSSR count). The fourth-order valence-electron chi connectivity index (χ4n) is 2.77. The number of hydrogen-bond acceptors (Lipinski definition) is 4. The van der Waals surface area contributed by atoms with E-state index in [4.69, 9.17) is 0 Å². The first-order valence-corrected chi connectivity index (χ1v) is 6.80. The number of aldehydes is 1. The Balaban J connectivity index is 2.13. The quantitative estimate of drug-likeness (QED) is 0.491. The number of nitro benzene ring substituents is 1. The maximum atomic E-state index is 11.3. The largest absolute Gasteiger partial charge is 0.336 e. The van der Waals surface area contributed by atoms with Crippen LogP contribution >= 0.6 is 0 Å². The third kappa shape index (κ3) is 2.38. The predicted octanol–water partition coefficient (Wildman–Crippen LogP) is 3.49. The first-order chi connectivity index (χ1) is 10.2. The van der Waals surface area contributed by atoms with E-state index in [0.29, 0.717) is 17.5 Å². The van der Waals surface area contributed by atoms with Crippen molar-refractivity contribution in [2.75, 3.05) is 11.4 Å². The van der Waals surface area contributed by atoms with E-state index in [2.05, 4.69) is 0 Å². The SMILES string of the molecule is O=Cc1ccc(N2CCCc3ccccc32)c([N+](=O)[O-])c1. The number of para-hydroxylation sites is 1. The molecule has 0 aromatic heterocycles. The monoisotopic (exact) mass is 282 g/mol. The molecule has 0 aliphatic carbocycles. The lowest BCUT2D eigenvalue weighted by Gasteiger charge is -2.31. The second-order valence-corrected chi connectivity index (χ2v) is 5.01. The predicted molar refractivity (Wildman–Crippen MR) is 80.3 cm³/mol. The molecule has 0 atom stereocenters. The van der Waals surface area contributed by atoms with E-state index in [1.165, 1.54) is 11.6 Å². The Kier molecular flexibility index (Phi) is 3.39. The van der Waals surface area contributed by atoms with Crippen LogP contribution in [0.1, 0.15) is 22.3 Å². The van der Waals surface area contributed by atoms with Gasteiger partial charge in [0.25, 0.3) is 5.69 Å². The Morgan fingerprint density at radius 3 is 2.71 bits per heavy atom. The van der Waals surface area contributed by atoms with Crippen LogP contribution < -0.4 is 4.90 Å². The summed E-state index contributed by atoms with van der Waals surface area (Å²) in [4.78, 5) is 23.7. The van der Waals surface area contributed by atoms with Gasteiger partial charge in [0, 0.05) is 23.9 Å². The molecule has 0 N–H and O–H groups in total. The van der Waals surface area contributed by atoms with Gasteiger partial charge in [0.15, 0.2) is 0 Å². The van der Waals surface area contributed by atoms with Gasteiger partial charge in [0.05, 0.1) is 4.92 Å². The molecule has 0 saturated heterocycles. The number of benzene rings is 2. The van der Waals surface area contributed by atoms with Crippen molar-refractivity contribution in [1.82, 2.24) is 0 Å². The molecule has 2 aromatic rings. The van der Waals surface area contributed by atoms with Crippen molar-refractivity contribution >= 4 is 23.3 Å². The minimum absolute atomic E-state index is 0.0312. The third-order valence-electron chi connectivity index (χ3n) is 3.73. The number of hydrogen-bond donors (Lipinski definition) is 0. The van der Waals surface area contributed by atoms with Crippen molar-refractivity contribution in [1.29, 1.82) is 0 Å². The van der Waals surface area contributed by atoms with Crippen molar-refractivity contribution < 1.29 is 9.72 Å². The highest BCUT2D eigenvalue weighted by molar-refractivity contribution is 5.82. The van der Waals surface area contributed by atoms with Gasteiger partial charge < -0.3 is 4.90 Å². The topological polar surface area (TPSA) is 63.5 Å². The van der Waals surface area contributed by atoms with E-state index in [1.54, 1.807) is 12.1 Å². The lowest BCUT2D eigenvalue weighted by atomic mass is 10.0. The summed E-state index contributed by atoms with van der Waals surface area (Å²) in [5, 5.41) is 11.3. The van der Waals surface area contributed by atoms with Crippen molar-refractivity contribution in [2.24, 2.45) is 0 Å². The minimum Gasteiger partial charge on any atom is -0.336 e. The molecule has 0 fully saturated rings. The zero-order chi connectivity index (χ0) is 14.8. The van der Waals surface area contributed by atoms with Gasteiger partial charge in [-0.3, -0.25) is 14.9 Å². The highest BCUT2D eigenvalue weighted by Gasteiger charge is 2.24. The lowest BCUT2D eigenvalue weighted by molar-refractivity contribution is -0.384. The molecule has 0 saturated carbocycles. The lowest BCUT2D eigenvalue weighted by Crippen LogP contribution is -2.25. The number of anilines is 2. The van der Waals surface area contributed by atoms with Gasteiger partial charge in [0.1, 0.15) is 12.0 Å². The molecule has 21 heavy (non-hydrogen) atoms. The molecule has 0 unspecified atom stereocenters. The summed E-state index contributed by atoms with van der Waals surface area (Å²) in [6.07, 6.45) is 2.55. The van der Waals surface area contributed by atoms with Gasteiger partial charge in [-0.2, -0.15) is 0 Å². The second-order valence-electron chi connectivity index (χ2n) is 5.01. The van der Waals surface area contributed by atoms with Crippen LogP contribution in [0.15, 0.2) is 42.5 Å². The normalized spacial score (nSPS) is 13.6. The second kappa shape index (κ2) is 5.36. The van der Waals surface area contributed by atoms with Gasteiger partial charge in [-0.1, -0.05) is 18.2 Å². The molecule has 0 amide bonds. The maximum absolute atomic E-state index is 11.3. The maximum Gasteiger partial charge on any atom is 0.293 e. The van der Waals surface area contributed by atoms with E-state index in [1.807, 2.05) is 29.2 Å². The van der Waals surface area contributed by atoms with Crippen molar-refractivity contribution in [3.8, 4) is 0 Å². The third-order valence-corrected chi connectivity index (χ3v) is 3.73. The summed E-state index contributed by atoms with van der Waals surface area (Å²) in [6, 6.07) is 12.5. The molecule has 106 valence electrons. The minimum atomic E-state index is -0.431. The first kappa shape index (κ1) is 13.3. The Morgan fingerprint density at radius 1 is 1.14 bits per heavy atom. The van der Waals surface area contributed by atoms with Gasteiger partial charge in [-0.25, -0.2) is 0 Å². The van der Waals surface area contributed by atoms with Crippen molar-refractivity contribution in [3.63, 3.8) is 0 Å². The fourth-order valence-corrected chi connectivity index (χ4v) is 2.77. The fraction of sp³-hybridized carbons (Fsp3) is 0.188. The Labute approximate surface area is 122 Å². The number of carbonyl (C=O) groups is 1. The Bertz CT molecular complexity index is 712. The van der Waals surface area contributed by atoms with E-state index < -0.39 is 4.92 Å². The number of carbonyl (C=O) groups excluding carboxylic acids is 1. The van der Waals surface area contributed by atoms with Crippen LogP contribution in [0.25, 0.3) is 0 Å². The van der Waals surface area contributed by atoms with Crippen LogP contribution in [0.2, 0.25) is 0 Å². The van der Waals surface area contributed by atoms with Crippen LogP contribution in [0.3, 0.4) is 0 Å². The van der Waals surface area contributed by atoms with Crippen molar-refractivity contribution in [2.45, 2.75) is 12.8 Å². The van der Waals surface area contributed by atoms with Crippen LogP contribution in [0.5, 0.6) is 0 Å². The highest BCUT2D eigenvalue weighted by Crippen LogP contribution is 2.38. The summed E-state index contributed by atoms with van der Waals surface area (Å²) in [5.41, 5.74) is 3.02. The van der Waals surface area contributed by atoms with Gasteiger partial charge in [0.2, 0.25) is 0 Å². The van der Waals surface area contributed by atoms with Crippen LogP contribution in [-0.2, 0) is 6.42 Å². The number of nitro groups is 1. The molecular formula is C16H14N2O3. The number of aryl methyl sites for hydroxylation is 1. The summed E-state index contributed by atoms with van der Waals surface area (Å²) in [6.45, 7) is 0.734. The Morgan fingerprint density at radius 2 is 1.95 bits per heavy atom. The molecule has 1 aliphatic heterocycles. The van der Waals surface area contributed by atoms with Crippen LogP contribution in [-0.4, -0.2) is 17.8 Å². The molecule has 2 aromatic carbocycles. The van der Waals surface area contributed by atoms with E-state index >= 15 is 0 Å². The van der Waals surface area contributed by atoms with E-state index in [-0.39, 0.29) is 5.69 Å². The molecule has 1 aliphatic rings. The molecule has 5 heteroatoms. The zero-order valence-electron chi connectivity index (χ0n) is 11.4. The summed E-state index contributed by atoms with van der Waals surface area (Å²) in [7, 11) is 0. The van der Waals surface area contributed by atoms with E-state index in [0.717, 1.165) is 25.1 Å². The van der Waals surface area contributed by atoms with E-state index in [9.17, 15) is 14.9 Å². The first-order valence-electron chi connectivity index (χ1n) is 6.80.